The second-order valence-electron chi connectivity index (χ2n) is 4.19. The van der Waals surface area contributed by atoms with E-state index in [1.807, 2.05) is 30.8 Å². The van der Waals surface area contributed by atoms with Crippen LogP contribution in [0.2, 0.25) is 0 Å². The predicted octanol–water partition coefficient (Wildman–Crippen LogP) is 1.46. The average Bonchev–Trinajstić information content (AvgIpc) is 2.33. The summed E-state index contributed by atoms with van der Waals surface area (Å²) in [4.78, 5) is 14.2. The average molecular weight is 270 g/mol. The van der Waals surface area contributed by atoms with Gasteiger partial charge in [0.05, 0.1) is 0 Å². The minimum Gasteiger partial charge on any atom is -0.368 e. The molecule has 7 heteroatoms. The summed E-state index contributed by atoms with van der Waals surface area (Å²) in [5, 5.41) is 3.18. The molecule has 1 aromatic rings. The number of hydrogen-bond donors (Lipinski definition) is 2. The van der Waals surface area contributed by atoms with Crippen LogP contribution in [0.4, 0.5) is 17.8 Å². The first-order valence-corrected chi connectivity index (χ1v) is 7.44. The standard InChI is InChI=1S/C11H22N6S/c1-17(2)11-15-9(12)14-10(16-11)13-7-5-4-6-8-18-3/h4-8H2,1-3H3,(H3,12,13,14,15,16). The first-order chi connectivity index (χ1) is 8.63. The molecular formula is C11H22N6S. The van der Waals surface area contributed by atoms with Crippen molar-refractivity contribution in [2.75, 3.05) is 48.6 Å². The van der Waals surface area contributed by atoms with Crippen LogP contribution in [-0.2, 0) is 0 Å². The van der Waals surface area contributed by atoms with E-state index < -0.39 is 0 Å². The topological polar surface area (TPSA) is 80.0 Å². The number of nitrogen functional groups attached to an aromatic ring is 1. The summed E-state index contributed by atoms with van der Waals surface area (Å²) in [5.74, 6) is 2.60. The first kappa shape index (κ1) is 14.8. The smallest absolute Gasteiger partial charge is 0.231 e. The third kappa shape index (κ3) is 5.39. The molecule has 0 saturated carbocycles. The van der Waals surface area contributed by atoms with Gasteiger partial charge in [-0.3, -0.25) is 0 Å². The van der Waals surface area contributed by atoms with Gasteiger partial charge in [-0.15, -0.1) is 0 Å². The molecule has 0 saturated heterocycles. The monoisotopic (exact) mass is 270 g/mol. The molecule has 0 bridgehead atoms. The molecule has 102 valence electrons. The largest absolute Gasteiger partial charge is 0.368 e. The molecule has 6 nitrogen and oxygen atoms in total. The van der Waals surface area contributed by atoms with Crippen molar-refractivity contribution in [2.45, 2.75) is 19.3 Å². The molecule has 0 aromatic carbocycles. The molecule has 1 heterocycles. The number of thioether (sulfide) groups is 1. The van der Waals surface area contributed by atoms with Gasteiger partial charge in [0, 0.05) is 20.6 Å². The highest BCUT2D eigenvalue weighted by Crippen LogP contribution is 2.09. The number of aromatic nitrogens is 3. The van der Waals surface area contributed by atoms with Gasteiger partial charge in [-0.25, -0.2) is 0 Å². The zero-order chi connectivity index (χ0) is 13.4. The molecule has 0 aliphatic carbocycles. The van der Waals surface area contributed by atoms with E-state index in [2.05, 4.69) is 26.5 Å². The van der Waals surface area contributed by atoms with E-state index in [9.17, 15) is 0 Å². The van der Waals surface area contributed by atoms with Crippen LogP contribution in [-0.4, -0.2) is 47.6 Å². The fourth-order valence-corrected chi connectivity index (χ4v) is 1.90. The van der Waals surface area contributed by atoms with Gasteiger partial charge in [-0.2, -0.15) is 26.7 Å². The summed E-state index contributed by atoms with van der Waals surface area (Å²) in [6.45, 7) is 0.866. The van der Waals surface area contributed by atoms with E-state index in [0.29, 0.717) is 11.9 Å². The number of nitrogens with one attached hydrogen (secondary N) is 1. The van der Waals surface area contributed by atoms with Crippen molar-refractivity contribution >= 4 is 29.6 Å². The lowest BCUT2D eigenvalue weighted by Gasteiger charge is -2.12. The quantitative estimate of drug-likeness (QED) is 0.692. The lowest BCUT2D eigenvalue weighted by molar-refractivity contribution is 0.745. The number of hydrogen-bond acceptors (Lipinski definition) is 7. The van der Waals surface area contributed by atoms with E-state index in [0.717, 1.165) is 13.0 Å². The molecule has 0 aliphatic heterocycles. The highest BCUT2D eigenvalue weighted by atomic mass is 32.2. The third-order valence-corrected chi connectivity index (χ3v) is 3.05. The van der Waals surface area contributed by atoms with Crippen molar-refractivity contribution in [2.24, 2.45) is 0 Å². The summed E-state index contributed by atoms with van der Waals surface area (Å²) in [6.07, 6.45) is 5.72. The van der Waals surface area contributed by atoms with Crippen molar-refractivity contribution in [3.63, 3.8) is 0 Å². The Morgan fingerprint density at radius 2 is 1.94 bits per heavy atom. The molecule has 1 aromatic heterocycles. The van der Waals surface area contributed by atoms with E-state index >= 15 is 0 Å². The Kier molecular flexibility index (Phi) is 6.56. The highest BCUT2D eigenvalue weighted by Gasteiger charge is 2.05. The van der Waals surface area contributed by atoms with E-state index in [1.54, 1.807) is 0 Å². The Morgan fingerprint density at radius 3 is 2.61 bits per heavy atom. The molecule has 0 amide bonds. The van der Waals surface area contributed by atoms with Crippen LogP contribution in [0.15, 0.2) is 0 Å². The zero-order valence-electron chi connectivity index (χ0n) is 11.3. The number of unbranched alkanes of at least 4 members (excludes halogenated alkanes) is 2. The van der Waals surface area contributed by atoms with E-state index in [1.165, 1.54) is 18.6 Å². The Labute approximate surface area is 113 Å². The lowest BCUT2D eigenvalue weighted by atomic mass is 10.2. The van der Waals surface area contributed by atoms with Gasteiger partial charge in [-0.05, 0) is 24.9 Å². The second-order valence-corrected chi connectivity index (χ2v) is 5.18. The molecule has 0 atom stereocenters. The highest BCUT2D eigenvalue weighted by molar-refractivity contribution is 7.98. The van der Waals surface area contributed by atoms with Gasteiger partial charge in [0.25, 0.3) is 0 Å². The van der Waals surface area contributed by atoms with Crippen molar-refractivity contribution in [3.05, 3.63) is 0 Å². The SMILES string of the molecule is CSCCCCCNc1nc(N)nc(N(C)C)n1. The summed E-state index contributed by atoms with van der Waals surface area (Å²) in [6, 6.07) is 0. The molecule has 0 aliphatic rings. The molecule has 0 unspecified atom stereocenters. The maximum atomic E-state index is 5.64. The molecule has 0 spiro atoms. The summed E-state index contributed by atoms with van der Waals surface area (Å²) in [5.41, 5.74) is 5.64. The maximum absolute atomic E-state index is 5.64. The second kappa shape index (κ2) is 7.97. The van der Waals surface area contributed by atoms with Crippen molar-refractivity contribution < 1.29 is 0 Å². The summed E-state index contributed by atoms with van der Waals surface area (Å²) < 4.78 is 0. The van der Waals surface area contributed by atoms with Crippen LogP contribution in [0.3, 0.4) is 0 Å². The molecule has 18 heavy (non-hydrogen) atoms. The minimum atomic E-state index is 0.249. The van der Waals surface area contributed by atoms with E-state index in [-0.39, 0.29) is 5.95 Å². The molecule has 0 radical (unpaired) electrons. The molecular weight excluding hydrogens is 248 g/mol. The molecule has 3 N–H and O–H groups in total. The summed E-state index contributed by atoms with van der Waals surface area (Å²) in [7, 11) is 3.75. The maximum Gasteiger partial charge on any atom is 0.231 e. The number of anilines is 3. The third-order valence-electron chi connectivity index (χ3n) is 2.35. The normalized spacial score (nSPS) is 10.4. The lowest BCUT2D eigenvalue weighted by Crippen LogP contribution is -2.16. The number of nitrogens with two attached hydrogens (primary N) is 1. The minimum absolute atomic E-state index is 0.249. The van der Waals surface area contributed by atoms with Crippen LogP contribution in [0.1, 0.15) is 19.3 Å². The predicted molar refractivity (Wildman–Crippen MR) is 79.3 cm³/mol. The van der Waals surface area contributed by atoms with Gasteiger partial charge in [0.2, 0.25) is 17.8 Å². The van der Waals surface area contributed by atoms with Gasteiger partial charge in [0.1, 0.15) is 0 Å². The van der Waals surface area contributed by atoms with Crippen LogP contribution < -0.4 is 16.0 Å². The zero-order valence-corrected chi connectivity index (χ0v) is 12.1. The Bertz CT molecular complexity index is 357. The van der Waals surface area contributed by atoms with E-state index in [4.69, 9.17) is 5.73 Å². The molecule has 0 fully saturated rings. The van der Waals surface area contributed by atoms with Crippen LogP contribution >= 0.6 is 11.8 Å². The number of nitrogens with zero attached hydrogens (tertiary/aromatic N) is 4. The van der Waals surface area contributed by atoms with Crippen molar-refractivity contribution in [1.29, 1.82) is 0 Å². The summed E-state index contributed by atoms with van der Waals surface area (Å²) >= 11 is 1.89. The van der Waals surface area contributed by atoms with Gasteiger partial charge >= 0.3 is 0 Å². The van der Waals surface area contributed by atoms with Crippen LogP contribution in [0, 0.1) is 0 Å². The van der Waals surface area contributed by atoms with Gasteiger partial charge in [0.15, 0.2) is 0 Å². The van der Waals surface area contributed by atoms with Gasteiger partial charge in [-0.1, -0.05) is 6.42 Å². The fourth-order valence-electron chi connectivity index (χ4n) is 1.41. The number of rotatable bonds is 8. The Hall–Kier alpha value is -1.24. The Balaban J connectivity index is 2.37. The fraction of sp³-hybridized carbons (Fsp3) is 0.727. The van der Waals surface area contributed by atoms with Crippen LogP contribution in [0.5, 0.6) is 0 Å². The van der Waals surface area contributed by atoms with Crippen molar-refractivity contribution in [3.8, 4) is 0 Å². The molecule has 1 rings (SSSR count). The van der Waals surface area contributed by atoms with Crippen LogP contribution in [0.25, 0.3) is 0 Å². The van der Waals surface area contributed by atoms with Gasteiger partial charge < -0.3 is 16.0 Å². The van der Waals surface area contributed by atoms with Crippen molar-refractivity contribution in [1.82, 2.24) is 15.0 Å². The first-order valence-electron chi connectivity index (χ1n) is 6.05. The Morgan fingerprint density at radius 1 is 1.17 bits per heavy atom.